The van der Waals surface area contributed by atoms with Gasteiger partial charge < -0.3 is 4.57 Å². The maximum atomic E-state index is 12.7. The van der Waals surface area contributed by atoms with Crippen molar-refractivity contribution in [1.29, 1.82) is 0 Å². The molecule has 0 aromatic carbocycles. The van der Waals surface area contributed by atoms with Gasteiger partial charge in [-0.15, -0.1) is 11.3 Å². The van der Waals surface area contributed by atoms with Crippen LogP contribution in [0.5, 0.6) is 0 Å². The summed E-state index contributed by atoms with van der Waals surface area (Å²) in [5.41, 5.74) is 5.28. The number of imidazole rings is 1. The van der Waals surface area contributed by atoms with Gasteiger partial charge in [-0.05, 0) is 45.4 Å². The van der Waals surface area contributed by atoms with Gasteiger partial charge in [-0.25, -0.2) is 18.4 Å². The van der Waals surface area contributed by atoms with Crippen molar-refractivity contribution in [1.82, 2.24) is 18.8 Å². The zero-order valence-corrected chi connectivity index (χ0v) is 16.2. The third kappa shape index (κ3) is 3.39. The average molecular weight is 381 g/mol. The number of aryl methyl sites for hydroxylation is 3. The molecule has 1 fully saturated rings. The van der Waals surface area contributed by atoms with Crippen molar-refractivity contribution < 1.29 is 8.42 Å². The van der Waals surface area contributed by atoms with Crippen LogP contribution in [0.1, 0.15) is 47.3 Å². The highest BCUT2D eigenvalue weighted by molar-refractivity contribution is 7.89. The molecule has 3 heterocycles. The highest BCUT2D eigenvalue weighted by atomic mass is 32.2. The van der Waals surface area contributed by atoms with E-state index in [0.29, 0.717) is 19.5 Å². The second-order valence-corrected chi connectivity index (χ2v) is 10.0. The van der Waals surface area contributed by atoms with Crippen molar-refractivity contribution >= 4 is 21.4 Å². The second kappa shape index (κ2) is 6.81. The lowest BCUT2D eigenvalue weighted by atomic mass is 10.0. The minimum absolute atomic E-state index is 0.171. The number of hydrogen-bond donors (Lipinski definition) is 0. The van der Waals surface area contributed by atoms with Crippen LogP contribution >= 0.6 is 11.3 Å². The lowest BCUT2D eigenvalue weighted by molar-refractivity contribution is 0.444. The third-order valence-electron chi connectivity index (χ3n) is 5.40. The van der Waals surface area contributed by atoms with Crippen LogP contribution in [-0.4, -0.2) is 46.1 Å². The van der Waals surface area contributed by atoms with Gasteiger partial charge in [-0.1, -0.05) is 0 Å². The molecule has 25 heavy (non-hydrogen) atoms. The molecule has 0 saturated carbocycles. The van der Waals surface area contributed by atoms with Gasteiger partial charge >= 0.3 is 0 Å². The first-order valence-electron chi connectivity index (χ1n) is 8.96. The summed E-state index contributed by atoms with van der Waals surface area (Å²) in [5, 5.41) is 0. The highest BCUT2D eigenvalue weighted by Crippen LogP contribution is 2.29. The van der Waals surface area contributed by atoms with Crippen LogP contribution < -0.4 is 0 Å². The summed E-state index contributed by atoms with van der Waals surface area (Å²) >= 11 is 1.54. The summed E-state index contributed by atoms with van der Waals surface area (Å²) in [5.74, 6) is 0.171. The van der Waals surface area contributed by atoms with E-state index < -0.39 is 10.0 Å². The van der Waals surface area contributed by atoms with Crippen molar-refractivity contribution in [3.8, 4) is 0 Å². The van der Waals surface area contributed by atoms with Gasteiger partial charge in [0.05, 0.1) is 29.0 Å². The van der Waals surface area contributed by atoms with Crippen LogP contribution in [0, 0.1) is 6.92 Å². The molecule has 8 heteroatoms. The van der Waals surface area contributed by atoms with Crippen molar-refractivity contribution in [2.45, 2.75) is 51.5 Å². The molecule has 2 aromatic heterocycles. The van der Waals surface area contributed by atoms with Gasteiger partial charge in [-0.3, -0.25) is 0 Å². The molecule has 1 atom stereocenters. The van der Waals surface area contributed by atoms with Gasteiger partial charge in [-0.2, -0.15) is 4.31 Å². The number of nitrogens with zero attached hydrogens (tertiary/aromatic N) is 4. The first kappa shape index (κ1) is 17.2. The minimum atomic E-state index is -3.22. The van der Waals surface area contributed by atoms with Crippen LogP contribution in [0.25, 0.3) is 0 Å². The molecule has 2 aromatic rings. The maximum absolute atomic E-state index is 12.7. The fourth-order valence-corrected chi connectivity index (χ4v) is 6.33. The Hall–Kier alpha value is -1.25. The first-order chi connectivity index (χ1) is 12.0. The van der Waals surface area contributed by atoms with Gasteiger partial charge in [0.2, 0.25) is 10.0 Å². The van der Waals surface area contributed by atoms with Crippen LogP contribution in [0.3, 0.4) is 0 Å². The molecule has 2 aliphatic rings. The molecule has 0 N–H and O–H groups in total. The summed E-state index contributed by atoms with van der Waals surface area (Å²) in [4.78, 5) is 9.83. The maximum Gasteiger partial charge on any atom is 0.214 e. The normalized spacial score (nSPS) is 21.6. The van der Waals surface area contributed by atoms with E-state index in [9.17, 15) is 8.42 Å². The molecule has 0 spiro atoms. The number of hydrogen-bond acceptors (Lipinski definition) is 5. The molecule has 0 radical (unpaired) electrons. The van der Waals surface area contributed by atoms with Crippen LogP contribution in [-0.2, 0) is 29.3 Å². The Morgan fingerprint density at radius 1 is 1.28 bits per heavy atom. The third-order valence-corrected chi connectivity index (χ3v) is 8.24. The van der Waals surface area contributed by atoms with Crippen molar-refractivity contribution in [2.24, 2.45) is 0 Å². The molecule has 0 bridgehead atoms. The smallest absolute Gasteiger partial charge is 0.214 e. The molecular formula is C17H24N4O2S2. The van der Waals surface area contributed by atoms with Gasteiger partial charge in [0.15, 0.2) is 0 Å². The lowest BCUT2D eigenvalue weighted by Gasteiger charge is -2.20. The lowest BCUT2D eigenvalue weighted by Crippen LogP contribution is -2.32. The molecular weight excluding hydrogens is 356 g/mol. The predicted octanol–water partition coefficient (Wildman–Crippen LogP) is 2.35. The number of sulfonamides is 1. The topological polar surface area (TPSA) is 68.1 Å². The SMILES string of the molecule is Cc1ncsc1CCS(=O)(=O)N1CCC(n2cnc3c2CCCC3)C1. The Kier molecular flexibility index (Phi) is 4.68. The van der Waals surface area contributed by atoms with Crippen molar-refractivity contribution in [3.63, 3.8) is 0 Å². The van der Waals surface area contributed by atoms with Gasteiger partial charge in [0.25, 0.3) is 0 Å². The van der Waals surface area contributed by atoms with E-state index in [1.807, 2.05) is 13.3 Å². The fraction of sp³-hybridized carbons (Fsp3) is 0.647. The highest BCUT2D eigenvalue weighted by Gasteiger charge is 2.33. The van der Waals surface area contributed by atoms with Crippen LogP contribution in [0.2, 0.25) is 0 Å². The molecule has 4 rings (SSSR count). The Morgan fingerprint density at radius 3 is 2.92 bits per heavy atom. The minimum Gasteiger partial charge on any atom is -0.330 e. The molecule has 136 valence electrons. The average Bonchev–Trinajstić information content (AvgIpc) is 3.32. The molecule has 1 unspecified atom stereocenters. The largest absolute Gasteiger partial charge is 0.330 e. The summed E-state index contributed by atoms with van der Waals surface area (Å²) in [6, 6.07) is 0.231. The molecule has 1 aliphatic heterocycles. The summed E-state index contributed by atoms with van der Waals surface area (Å²) in [7, 11) is -3.22. The van der Waals surface area contributed by atoms with Crippen LogP contribution in [0.4, 0.5) is 0 Å². The van der Waals surface area contributed by atoms with E-state index in [1.165, 1.54) is 24.2 Å². The summed E-state index contributed by atoms with van der Waals surface area (Å²) in [6.45, 7) is 3.13. The molecule has 1 saturated heterocycles. The number of thiazole rings is 1. The van der Waals surface area contributed by atoms with E-state index >= 15 is 0 Å². The van der Waals surface area contributed by atoms with Gasteiger partial charge in [0.1, 0.15) is 0 Å². The standard InChI is InChI=1S/C17H24N4O2S2/c1-13-17(24-12-19-13)7-9-25(22,23)20-8-6-14(10-20)21-11-18-15-4-2-3-5-16(15)21/h11-12,14H,2-10H2,1H3. The molecule has 1 aliphatic carbocycles. The Bertz CT molecular complexity index is 856. The van der Waals surface area contributed by atoms with E-state index in [0.717, 1.165) is 29.8 Å². The van der Waals surface area contributed by atoms with E-state index in [4.69, 9.17) is 0 Å². The second-order valence-electron chi connectivity index (χ2n) is 6.98. The summed E-state index contributed by atoms with van der Waals surface area (Å²) < 4.78 is 29.4. The van der Waals surface area contributed by atoms with Crippen molar-refractivity contribution in [3.05, 3.63) is 33.8 Å². The number of rotatable bonds is 5. The Labute approximate surface area is 153 Å². The fourth-order valence-electron chi connectivity index (χ4n) is 3.91. The van der Waals surface area contributed by atoms with Gasteiger partial charge in [0, 0.05) is 29.7 Å². The zero-order chi connectivity index (χ0) is 17.4. The molecule has 0 amide bonds. The quantitative estimate of drug-likeness (QED) is 0.798. The first-order valence-corrected chi connectivity index (χ1v) is 11.4. The van der Waals surface area contributed by atoms with Crippen LogP contribution in [0.15, 0.2) is 11.8 Å². The predicted molar refractivity (Wildman–Crippen MR) is 98.4 cm³/mol. The Morgan fingerprint density at radius 2 is 2.12 bits per heavy atom. The summed E-state index contributed by atoms with van der Waals surface area (Å²) in [6.07, 6.45) is 7.92. The monoisotopic (exact) mass is 380 g/mol. The zero-order valence-electron chi connectivity index (χ0n) is 14.5. The molecule has 6 nitrogen and oxygen atoms in total. The van der Waals surface area contributed by atoms with Crippen molar-refractivity contribution in [2.75, 3.05) is 18.8 Å². The van der Waals surface area contributed by atoms with E-state index in [-0.39, 0.29) is 11.8 Å². The van der Waals surface area contributed by atoms with E-state index in [2.05, 4.69) is 14.5 Å². The van der Waals surface area contributed by atoms with E-state index in [1.54, 1.807) is 21.2 Å². The Balaban J connectivity index is 1.43. The number of fused-ring (bicyclic) bond motifs is 1. The number of aromatic nitrogens is 3.